The molecule has 62 heavy (non-hydrogen) atoms. The molecule has 3 aromatic heterocycles. The molecule has 0 N–H and O–H groups in total. The molecular formula is C58H38N4. The number of rotatable bonds is 8. The van der Waals surface area contributed by atoms with Gasteiger partial charge in [0.1, 0.15) is 0 Å². The van der Waals surface area contributed by atoms with E-state index in [0.29, 0.717) is 5.82 Å². The number of aromatic nitrogens is 4. The van der Waals surface area contributed by atoms with Crippen molar-refractivity contribution in [1.29, 1.82) is 0 Å². The highest BCUT2D eigenvalue weighted by molar-refractivity contribution is 6.09. The number of fused-ring (bicyclic) bond motifs is 3. The number of benzene rings is 8. The van der Waals surface area contributed by atoms with E-state index in [-0.39, 0.29) is 0 Å². The predicted octanol–water partition coefficient (Wildman–Crippen LogP) is 14.9. The van der Waals surface area contributed by atoms with E-state index in [1.165, 1.54) is 0 Å². The number of pyridine rings is 2. The van der Waals surface area contributed by atoms with Crippen LogP contribution >= 0.6 is 0 Å². The highest BCUT2D eigenvalue weighted by Crippen LogP contribution is 2.37. The van der Waals surface area contributed by atoms with Gasteiger partial charge in [0.2, 0.25) is 0 Å². The van der Waals surface area contributed by atoms with Crippen LogP contribution in [0.15, 0.2) is 231 Å². The fraction of sp³-hybridized carbons (Fsp3) is 0. The average molecular weight is 791 g/mol. The van der Waals surface area contributed by atoms with E-state index in [1.54, 1.807) is 0 Å². The first kappa shape index (κ1) is 36.7. The molecule has 8 aromatic carbocycles. The van der Waals surface area contributed by atoms with E-state index in [2.05, 4.69) is 188 Å². The van der Waals surface area contributed by atoms with Crippen LogP contribution in [-0.2, 0) is 0 Å². The van der Waals surface area contributed by atoms with Crippen LogP contribution in [0, 0.1) is 0 Å². The minimum atomic E-state index is 0.705. The molecule has 0 aliphatic carbocycles. The number of hydrogen-bond donors (Lipinski definition) is 0. The quantitative estimate of drug-likeness (QED) is 0.144. The Balaban J connectivity index is 0.951. The Labute approximate surface area is 360 Å². The van der Waals surface area contributed by atoms with Crippen molar-refractivity contribution >= 4 is 21.8 Å². The van der Waals surface area contributed by atoms with Crippen molar-refractivity contribution in [2.75, 3.05) is 0 Å². The molecule has 0 amide bonds. The summed E-state index contributed by atoms with van der Waals surface area (Å²) >= 11 is 0. The SMILES string of the molecule is c1ccc(-c2cc(-c3cccc(-c4ccc(-c5cccc(-c6cc(-c7ccccc7)c7ccc8ccc(-c9ccccc9)nc8c7n6)c5)cc4)c3)nc(-c3ccccc3)n2)cc1. The molecule has 4 heteroatoms. The summed E-state index contributed by atoms with van der Waals surface area (Å²) < 4.78 is 0. The van der Waals surface area contributed by atoms with Crippen molar-refractivity contribution in [1.82, 2.24) is 19.9 Å². The topological polar surface area (TPSA) is 51.6 Å². The fourth-order valence-electron chi connectivity index (χ4n) is 8.29. The Morgan fingerprint density at radius 2 is 0.661 bits per heavy atom. The van der Waals surface area contributed by atoms with Crippen LogP contribution in [0.2, 0.25) is 0 Å². The monoisotopic (exact) mass is 790 g/mol. The van der Waals surface area contributed by atoms with Gasteiger partial charge in [0.25, 0.3) is 0 Å². The zero-order valence-electron chi connectivity index (χ0n) is 33.7. The second-order valence-corrected chi connectivity index (χ2v) is 15.5. The Kier molecular flexibility index (Phi) is 9.49. The molecular weight excluding hydrogens is 753 g/mol. The minimum absolute atomic E-state index is 0.705. The fourth-order valence-corrected chi connectivity index (χ4v) is 8.29. The van der Waals surface area contributed by atoms with Crippen molar-refractivity contribution in [2.24, 2.45) is 0 Å². The molecule has 3 heterocycles. The molecule has 290 valence electrons. The second-order valence-electron chi connectivity index (χ2n) is 15.5. The van der Waals surface area contributed by atoms with Gasteiger partial charge in [0.15, 0.2) is 5.82 Å². The van der Waals surface area contributed by atoms with Gasteiger partial charge in [-0.3, -0.25) is 0 Å². The standard InChI is InChI=1S/C58H38N4/c1-5-15-41(16-6-1)51-37-53(60-57-50(51)33-31-44-32-34-52(59-56(44)57)42-17-7-2-8-18-42)48-25-13-23-46(35-48)39-27-29-40(30-28-39)47-24-14-26-49(36-47)55-38-54(43-19-9-3-10-20-43)61-58(62-55)45-21-11-4-12-22-45/h1-38H. The number of nitrogens with zero attached hydrogens (tertiary/aromatic N) is 4. The first-order valence-corrected chi connectivity index (χ1v) is 20.9. The van der Waals surface area contributed by atoms with Gasteiger partial charge in [-0.25, -0.2) is 19.9 Å². The van der Waals surface area contributed by atoms with Gasteiger partial charge in [0.05, 0.1) is 33.8 Å². The third-order valence-electron chi connectivity index (χ3n) is 11.5. The maximum atomic E-state index is 5.39. The Morgan fingerprint density at radius 1 is 0.226 bits per heavy atom. The van der Waals surface area contributed by atoms with Crippen LogP contribution in [0.1, 0.15) is 0 Å². The van der Waals surface area contributed by atoms with Crippen LogP contribution in [0.25, 0.3) is 112 Å². The van der Waals surface area contributed by atoms with Crippen molar-refractivity contribution in [3.63, 3.8) is 0 Å². The van der Waals surface area contributed by atoms with Gasteiger partial charge in [-0.2, -0.15) is 0 Å². The molecule has 0 saturated heterocycles. The molecule has 0 aliphatic heterocycles. The summed E-state index contributed by atoms with van der Waals surface area (Å²) in [5.74, 6) is 0.705. The average Bonchev–Trinajstić information content (AvgIpc) is 3.37. The first-order chi connectivity index (χ1) is 30.7. The third-order valence-corrected chi connectivity index (χ3v) is 11.5. The first-order valence-electron chi connectivity index (χ1n) is 20.9. The molecule has 11 rings (SSSR count). The molecule has 0 bridgehead atoms. The molecule has 0 fully saturated rings. The zero-order valence-corrected chi connectivity index (χ0v) is 33.7. The molecule has 0 aliphatic rings. The van der Waals surface area contributed by atoms with Crippen molar-refractivity contribution < 1.29 is 0 Å². The van der Waals surface area contributed by atoms with Crippen LogP contribution in [0.3, 0.4) is 0 Å². The predicted molar refractivity (Wildman–Crippen MR) is 256 cm³/mol. The van der Waals surface area contributed by atoms with E-state index in [4.69, 9.17) is 19.9 Å². The summed E-state index contributed by atoms with van der Waals surface area (Å²) in [5.41, 5.74) is 17.4. The summed E-state index contributed by atoms with van der Waals surface area (Å²) in [5, 5.41) is 2.14. The van der Waals surface area contributed by atoms with Crippen molar-refractivity contribution in [3.05, 3.63) is 231 Å². The van der Waals surface area contributed by atoms with E-state index in [0.717, 1.165) is 106 Å². The minimum Gasteiger partial charge on any atom is -0.245 e. The Bertz CT molecular complexity index is 3310. The van der Waals surface area contributed by atoms with E-state index >= 15 is 0 Å². The van der Waals surface area contributed by atoms with Gasteiger partial charge < -0.3 is 0 Å². The molecule has 0 saturated carbocycles. The summed E-state index contributed by atoms with van der Waals surface area (Å²) in [4.78, 5) is 20.7. The van der Waals surface area contributed by atoms with E-state index < -0.39 is 0 Å². The van der Waals surface area contributed by atoms with Crippen LogP contribution in [0.4, 0.5) is 0 Å². The van der Waals surface area contributed by atoms with Crippen LogP contribution in [0.5, 0.6) is 0 Å². The molecule has 0 unspecified atom stereocenters. The summed E-state index contributed by atoms with van der Waals surface area (Å²) in [7, 11) is 0. The molecule has 0 radical (unpaired) electrons. The van der Waals surface area contributed by atoms with Crippen molar-refractivity contribution in [2.45, 2.75) is 0 Å². The van der Waals surface area contributed by atoms with Crippen LogP contribution < -0.4 is 0 Å². The van der Waals surface area contributed by atoms with E-state index in [9.17, 15) is 0 Å². The summed E-state index contributed by atoms with van der Waals surface area (Å²) in [6.45, 7) is 0. The normalized spacial score (nSPS) is 11.2. The summed E-state index contributed by atoms with van der Waals surface area (Å²) in [6.07, 6.45) is 0. The highest BCUT2D eigenvalue weighted by atomic mass is 14.9. The van der Waals surface area contributed by atoms with Gasteiger partial charge in [-0.15, -0.1) is 0 Å². The Morgan fingerprint density at radius 3 is 1.24 bits per heavy atom. The molecule has 4 nitrogen and oxygen atoms in total. The maximum absolute atomic E-state index is 5.39. The third kappa shape index (κ3) is 7.20. The maximum Gasteiger partial charge on any atom is 0.160 e. The number of hydrogen-bond acceptors (Lipinski definition) is 4. The van der Waals surface area contributed by atoms with Crippen molar-refractivity contribution in [3.8, 4) is 89.8 Å². The molecule has 11 aromatic rings. The van der Waals surface area contributed by atoms with Gasteiger partial charge in [-0.05, 0) is 63.7 Å². The largest absolute Gasteiger partial charge is 0.245 e. The van der Waals surface area contributed by atoms with Crippen LogP contribution in [-0.4, -0.2) is 19.9 Å². The van der Waals surface area contributed by atoms with Gasteiger partial charge in [0, 0.05) is 38.6 Å². The smallest absolute Gasteiger partial charge is 0.160 e. The second kappa shape index (κ2) is 16.0. The lowest BCUT2D eigenvalue weighted by Gasteiger charge is -2.14. The van der Waals surface area contributed by atoms with Gasteiger partial charge in [-0.1, -0.05) is 200 Å². The lowest BCUT2D eigenvalue weighted by Crippen LogP contribution is -1.96. The Hall–Kier alpha value is -8.34. The molecule has 0 atom stereocenters. The lowest BCUT2D eigenvalue weighted by atomic mass is 9.95. The zero-order chi connectivity index (χ0) is 41.2. The summed E-state index contributed by atoms with van der Waals surface area (Å²) in [6, 6.07) is 80.4. The van der Waals surface area contributed by atoms with Gasteiger partial charge >= 0.3 is 0 Å². The molecule has 0 spiro atoms. The van der Waals surface area contributed by atoms with E-state index in [1.807, 2.05) is 42.5 Å². The highest BCUT2D eigenvalue weighted by Gasteiger charge is 2.16. The lowest BCUT2D eigenvalue weighted by molar-refractivity contribution is 1.18.